The summed E-state index contributed by atoms with van der Waals surface area (Å²) in [6.07, 6.45) is 2.62. The Morgan fingerprint density at radius 2 is 2.13 bits per heavy atom. The van der Waals surface area contributed by atoms with Crippen molar-refractivity contribution in [2.45, 2.75) is 20.0 Å². The van der Waals surface area contributed by atoms with E-state index >= 15 is 0 Å². The average molecular weight is 201 g/mol. The topological polar surface area (TPSA) is 13.6 Å². The van der Waals surface area contributed by atoms with E-state index in [9.17, 15) is 0 Å². The van der Waals surface area contributed by atoms with Crippen molar-refractivity contribution in [1.29, 1.82) is 0 Å². The molecule has 0 saturated heterocycles. The first-order valence-electron chi connectivity index (χ1n) is 5.05. The lowest BCUT2D eigenvalue weighted by Gasteiger charge is -2.01. The fourth-order valence-electron chi connectivity index (χ4n) is 1.18. The summed E-state index contributed by atoms with van der Waals surface area (Å²) in [5, 5.41) is 0. The lowest BCUT2D eigenvalue weighted by Crippen LogP contribution is -1.93. The lowest BCUT2D eigenvalue weighted by molar-refractivity contribution is 0.148. The fraction of sp³-hybridized carbons (Fsp3) is 0.308. The van der Waals surface area contributed by atoms with Crippen molar-refractivity contribution < 1.29 is 4.74 Å². The summed E-state index contributed by atoms with van der Waals surface area (Å²) in [6.45, 7) is 9.95. The molecular weight excluding hydrogens is 186 g/mol. The van der Waals surface area contributed by atoms with Crippen LogP contribution in [0.4, 0.5) is 0 Å². The van der Waals surface area contributed by atoms with E-state index in [1.807, 2.05) is 43.3 Å². The molecule has 0 aliphatic carbocycles. The Bertz CT molecular complexity index is 349. The monoisotopic (exact) mass is 201 g/mol. The van der Waals surface area contributed by atoms with Crippen LogP contribution in [-0.4, -0.2) is 6.61 Å². The van der Waals surface area contributed by atoms with Crippen molar-refractivity contribution in [2.24, 2.45) is 0 Å². The molecule has 0 amide bonds. The normalized spacial score (nSPS) is 11.1. The van der Waals surface area contributed by atoms with E-state index in [1.165, 1.54) is 0 Å². The second-order valence-corrected chi connectivity index (χ2v) is 3.16. The van der Waals surface area contributed by atoms with Gasteiger partial charge in [0.1, 0.15) is 0 Å². The van der Waals surface area contributed by atoms with Gasteiger partial charge in [0.05, 0.1) is 19.8 Å². The van der Waals surface area contributed by atoms with Crippen molar-refractivity contribution in [3.05, 3.63) is 59.1 Å². The van der Waals surface area contributed by atoms with Gasteiger partial charge in [-0.3, -0.25) is 0 Å². The largest absolute Gasteiger partial charge is 0.374 e. The van der Waals surface area contributed by atoms with Crippen LogP contribution in [0, 0.1) is 6.57 Å². The minimum atomic E-state index is 0.514. The van der Waals surface area contributed by atoms with Gasteiger partial charge in [-0.15, -0.1) is 0 Å². The zero-order valence-corrected chi connectivity index (χ0v) is 8.94. The molecule has 0 heterocycles. The molecule has 0 aromatic heterocycles. The molecule has 1 aromatic rings. The van der Waals surface area contributed by atoms with Crippen LogP contribution < -0.4 is 0 Å². The first-order valence-corrected chi connectivity index (χ1v) is 5.05. The summed E-state index contributed by atoms with van der Waals surface area (Å²) in [7, 11) is 0. The van der Waals surface area contributed by atoms with Crippen molar-refractivity contribution >= 4 is 0 Å². The molecule has 78 valence electrons. The van der Waals surface area contributed by atoms with Gasteiger partial charge in [-0.05, 0) is 12.0 Å². The predicted molar refractivity (Wildman–Crippen MR) is 61.1 cm³/mol. The Morgan fingerprint density at radius 3 is 2.73 bits per heavy atom. The third kappa shape index (κ3) is 4.44. The Morgan fingerprint density at radius 1 is 1.40 bits per heavy atom. The quantitative estimate of drug-likeness (QED) is 0.525. The van der Waals surface area contributed by atoms with Gasteiger partial charge in [0.25, 0.3) is 0 Å². The molecule has 0 N–H and O–H groups in total. The van der Waals surface area contributed by atoms with Crippen LogP contribution in [-0.2, 0) is 11.3 Å². The summed E-state index contributed by atoms with van der Waals surface area (Å²) >= 11 is 0. The lowest BCUT2D eigenvalue weighted by atomic mass is 10.2. The average Bonchev–Trinajstić information content (AvgIpc) is 2.31. The number of hydrogen-bond acceptors (Lipinski definition) is 1. The molecule has 15 heavy (non-hydrogen) atoms. The number of benzene rings is 1. The van der Waals surface area contributed by atoms with E-state index in [0.29, 0.717) is 13.2 Å². The Kier molecular flexibility index (Phi) is 5.21. The Hall–Kier alpha value is -1.59. The van der Waals surface area contributed by atoms with Crippen LogP contribution in [0.2, 0.25) is 0 Å². The molecule has 2 heteroatoms. The molecule has 0 bridgehead atoms. The van der Waals surface area contributed by atoms with Crippen LogP contribution in [0.1, 0.15) is 18.9 Å². The number of allylic oxidation sites excluding steroid dienone is 1. The maximum Gasteiger partial charge on any atom is 0.163 e. The number of rotatable bonds is 5. The third-order valence-corrected chi connectivity index (χ3v) is 2.05. The van der Waals surface area contributed by atoms with Gasteiger partial charge in [0.15, 0.2) is 5.70 Å². The van der Waals surface area contributed by atoms with Gasteiger partial charge in [-0.1, -0.05) is 43.3 Å². The summed E-state index contributed by atoms with van der Waals surface area (Å²) in [4.78, 5) is 3.38. The molecule has 0 unspecified atom stereocenters. The van der Waals surface area contributed by atoms with Gasteiger partial charge in [0, 0.05) is 0 Å². The zero-order valence-electron chi connectivity index (χ0n) is 8.94. The minimum absolute atomic E-state index is 0.514. The standard InChI is InChI=1S/C13H15NO/c1-3-13(14-2)9-10-15-11-12-7-5-4-6-8-12/h4-9H,3,10-11H2,1H3/b13-9-. The summed E-state index contributed by atoms with van der Waals surface area (Å²) in [5.74, 6) is 0. The Balaban J connectivity index is 2.29. The van der Waals surface area contributed by atoms with Gasteiger partial charge in [-0.25, -0.2) is 4.85 Å². The molecule has 0 atom stereocenters. The number of nitrogens with zero attached hydrogens (tertiary/aromatic N) is 1. The maximum absolute atomic E-state index is 6.86. The van der Waals surface area contributed by atoms with Crippen molar-refractivity contribution in [3.63, 3.8) is 0 Å². The molecule has 0 radical (unpaired) electrons. The van der Waals surface area contributed by atoms with Gasteiger partial charge in [-0.2, -0.15) is 0 Å². The molecule has 2 nitrogen and oxygen atoms in total. The molecule has 1 rings (SSSR count). The molecule has 0 aliphatic heterocycles. The summed E-state index contributed by atoms with van der Waals surface area (Å²) in [5.41, 5.74) is 1.93. The minimum Gasteiger partial charge on any atom is -0.374 e. The van der Waals surface area contributed by atoms with Gasteiger partial charge in [0.2, 0.25) is 0 Å². The van der Waals surface area contributed by atoms with Crippen LogP contribution in [0.3, 0.4) is 0 Å². The third-order valence-electron chi connectivity index (χ3n) is 2.05. The van der Waals surface area contributed by atoms with E-state index in [2.05, 4.69) is 4.85 Å². The molecule has 0 aliphatic rings. The Labute approximate surface area is 91.0 Å². The van der Waals surface area contributed by atoms with E-state index in [0.717, 1.165) is 17.7 Å². The molecule has 0 fully saturated rings. The summed E-state index contributed by atoms with van der Waals surface area (Å²) < 4.78 is 5.43. The first kappa shape index (κ1) is 11.5. The maximum atomic E-state index is 6.86. The van der Waals surface area contributed by atoms with E-state index in [4.69, 9.17) is 11.3 Å². The van der Waals surface area contributed by atoms with Gasteiger partial charge < -0.3 is 4.74 Å². The van der Waals surface area contributed by atoms with Crippen molar-refractivity contribution in [2.75, 3.05) is 6.61 Å². The van der Waals surface area contributed by atoms with Crippen LogP contribution in [0.5, 0.6) is 0 Å². The highest BCUT2D eigenvalue weighted by Crippen LogP contribution is 2.03. The van der Waals surface area contributed by atoms with E-state index < -0.39 is 0 Å². The SMILES string of the molecule is [C-]#[N+]/C(=C\COCc1ccccc1)CC. The molecule has 1 aromatic carbocycles. The van der Waals surface area contributed by atoms with Crippen LogP contribution >= 0.6 is 0 Å². The van der Waals surface area contributed by atoms with Crippen LogP contribution in [0.25, 0.3) is 4.85 Å². The molecule has 0 saturated carbocycles. The van der Waals surface area contributed by atoms with Gasteiger partial charge >= 0.3 is 0 Å². The highest BCUT2D eigenvalue weighted by molar-refractivity contribution is 5.13. The number of hydrogen-bond donors (Lipinski definition) is 0. The summed E-state index contributed by atoms with van der Waals surface area (Å²) in [6, 6.07) is 10.0. The van der Waals surface area contributed by atoms with E-state index in [-0.39, 0.29) is 0 Å². The molecular formula is C13H15NO. The highest BCUT2D eigenvalue weighted by atomic mass is 16.5. The first-order chi connectivity index (χ1) is 7.36. The van der Waals surface area contributed by atoms with Crippen molar-refractivity contribution in [3.8, 4) is 0 Å². The predicted octanol–water partition coefficient (Wildman–Crippen LogP) is 3.42. The highest BCUT2D eigenvalue weighted by Gasteiger charge is 1.92. The second-order valence-electron chi connectivity index (χ2n) is 3.16. The molecule has 0 spiro atoms. The fourth-order valence-corrected chi connectivity index (χ4v) is 1.18. The second kappa shape index (κ2) is 6.80. The number of ether oxygens (including phenoxy) is 1. The van der Waals surface area contributed by atoms with Crippen molar-refractivity contribution in [1.82, 2.24) is 0 Å². The zero-order chi connectivity index (χ0) is 10.9. The van der Waals surface area contributed by atoms with Crippen LogP contribution in [0.15, 0.2) is 42.1 Å². The smallest absolute Gasteiger partial charge is 0.163 e. The van der Waals surface area contributed by atoms with E-state index in [1.54, 1.807) is 0 Å².